The van der Waals surface area contributed by atoms with Crippen molar-refractivity contribution in [3.8, 4) is 0 Å². The Morgan fingerprint density at radius 3 is 2.44 bits per heavy atom. The van der Waals surface area contributed by atoms with Gasteiger partial charge in [-0.1, -0.05) is 18.3 Å². The molecular weight excluding hydrogens is 244 g/mol. The average molecular weight is 264 g/mol. The largest absolute Gasteiger partial charge is 0.392 e. The zero-order valence-electron chi connectivity index (χ0n) is 11.0. The minimum Gasteiger partial charge on any atom is -0.392 e. The molecule has 1 aliphatic rings. The van der Waals surface area contributed by atoms with Crippen molar-refractivity contribution >= 4 is 23.0 Å². The smallest absolute Gasteiger partial charge is 0.128 e. The summed E-state index contributed by atoms with van der Waals surface area (Å²) in [5.41, 5.74) is 5.61. The highest BCUT2D eigenvalue weighted by atomic mass is 32.1. The van der Waals surface area contributed by atoms with Crippen LogP contribution in [0.1, 0.15) is 13.8 Å². The molecule has 98 valence electrons. The summed E-state index contributed by atoms with van der Waals surface area (Å²) in [6.07, 6.45) is 1.83. The fraction of sp³-hybridized carbons (Fsp3) is 0.538. The molecule has 0 unspecified atom stereocenters. The van der Waals surface area contributed by atoms with E-state index in [0.29, 0.717) is 4.99 Å². The van der Waals surface area contributed by atoms with Crippen LogP contribution in [0.4, 0.5) is 5.82 Å². The van der Waals surface area contributed by atoms with E-state index in [-0.39, 0.29) is 5.54 Å². The van der Waals surface area contributed by atoms with E-state index in [1.807, 2.05) is 24.4 Å². The molecule has 0 bridgehead atoms. The first-order valence-electron chi connectivity index (χ1n) is 6.23. The Balaban J connectivity index is 1.99. The summed E-state index contributed by atoms with van der Waals surface area (Å²) >= 11 is 5.15. The van der Waals surface area contributed by atoms with Gasteiger partial charge in [-0.15, -0.1) is 0 Å². The monoisotopic (exact) mass is 264 g/mol. The third kappa shape index (κ3) is 2.62. The lowest BCUT2D eigenvalue weighted by molar-refractivity contribution is 0.168. The molecule has 1 fully saturated rings. The molecule has 0 radical (unpaired) electrons. The highest BCUT2D eigenvalue weighted by Crippen LogP contribution is 2.19. The van der Waals surface area contributed by atoms with Crippen LogP contribution in [0.15, 0.2) is 24.4 Å². The molecule has 18 heavy (non-hydrogen) atoms. The van der Waals surface area contributed by atoms with Crippen molar-refractivity contribution in [3.63, 3.8) is 0 Å². The van der Waals surface area contributed by atoms with Crippen LogP contribution >= 0.6 is 12.2 Å². The molecule has 0 amide bonds. The fourth-order valence-electron chi connectivity index (χ4n) is 2.19. The van der Waals surface area contributed by atoms with Gasteiger partial charge in [0.15, 0.2) is 0 Å². The molecule has 1 saturated heterocycles. The summed E-state index contributed by atoms with van der Waals surface area (Å²) in [5.74, 6) is 1.05. The summed E-state index contributed by atoms with van der Waals surface area (Å²) < 4.78 is 0. The van der Waals surface area contributed by atoms with Crippen LogP contribution in [0.5, 0.6) is 0 Å². The normalized spacial score (nSPS) is 17.8. The Morgan fingerprint density at radius 2 is 1.94 bits per heavy atom. The second kappa shape index (κ2) is 5.20. The number of hydrogen-bond acceptors (Lipinski definition) is 4. The first kappa shape index (κ1) is 13.2. The Morgan fingerprint density at radius 1 is 1.28 bits per heavy atom. The van der Waals surface area contributed by atoms with E-state index in [4.69, 9.17) is 18.0 Å². The van der Waals surface area contributed by atoms with Gasteiger partial charge in [-0.2, -0.15) is 0 Å². The van der Waals surface area contributed by atoms with Gasteiger partial charge in [-0.25, -0.2) is 4.98 Å². The lowest BCUT2D eigenvalue weighted by Crippen LogP contribution is -2.59. The van der Waals surface area contributed by atoms with Crippen LogP contribution in [-0.4, -0.2) is 46.6 Å². The molecule has 1 aromatic rings. The van der Waals surface area contributed by atoms with Crippen LogP contribution in [0.3, 0.4) is 0 Å². The molecule has 0 aliphatic carbocycles. The molecule has 1 aromatic heterocycles. The number of anilines is 1. The van der Waals surface area contributed by atoms with Crippen molar-refractivity contribution < 1.29 is 0 Å². The van der Waals surface area contributed by atoms with Crippen molar-refractivity contribution in [2.24, 2.45) is 5.73 Å². The Hall–Kier alpha value is -1.20. The van der Waals surface area contributed by atoms with E-state index in [2.05, 4.69) is 28.6 Å². The highest BCUT2D eigenvalue weighted by molar-refractivity contribution is 7.80. The maximum Gasteiger partial charge on any atom is 0.128 e. The average Bonchev–Trinajstić information content (AvgIpc) is 2.40. The van der Waals surface area contributed by atoms with Gasteiger partial charge in [0.25, 0.3) is 0 Å². The molecule has 2 rings (SSSR count). The van der Waals surface area contributed by atoms with Crippen molar-refractivity contribution in [3.05, 3.63) is 24.4 Å². The summed E-state index contributed by atoms with van der Waals surface area (Å²) in [6.45, 7) is 8.02. The minimum atomic E-state index is -0.203. The molecule has 2 N–H and O–H groups in total. The van der Waals surface area contributed by atoms with Crippen molar-refractivity contribution in [1.29, 1.82) is 0 Å². The minimum absolute atomic E-state index is 0.203. The van der Waals surface area contributed by atoms with Crippen LogP contribution in [0.25, 0.3) is 0 Å². The SMILES string of the molecule is CC(C)(C(N)=S)N1CCN(c2ccccn2)CC1. The van der Waals surface area contributed by atoms with Crippen LogP contribution in [0.2, 0.25) is 0 Å². The Bertz CT molecular complexity index is 410. The molecular formula is C13H20N4S. The van der Waals surface area contributed by atoms with E-state index < -0.39 is 0 Å². The molecule has 0 saturated carbocycles. The van der Waals surface area contributed by atoms with E-state index >= 15 is 0 Å². The molecule has 0 atom stereocenters. The van der Waals surface area contributed by atoms with Crippen molar-refractivity contribution in [1.82, 2.24) is 9.88 Å². The van der Waals surface area contributed by atoms with Gasteiger partial charge >= 0.3 is 0 Å². The zero-order valence-corrected chi connectivity index (χ0v) is 11.8. The van der Waals surface area contributed by atoms with Crippen molar-refractivity contribution in [2.75, 3.05) is 31.1 Å². The third-order valence-corrected chi connectivity index (χ3v) is 4.15. The number of piperazine rings is 1. The number of nitrogens with zero attached hydrogens (tertiary/aromatic N) is 3. The first-order chi connectivity index (χ1) is 8.51. The third-order valence-electron chi connectivity index (χ3n) is 3.65. The van der Waals surface area contributed by atoms with Crippen LogP contribution in [-0.2, 0) is 0 Å². The van der Waals surface area contributed by atoms with E-state index in [9.17, 15) is 0 Å². The van der Waals surface area contributed by atoms with Gasteiger partial charge in [-0.05, 0) is 26.0 Å². The van der Waals surface area contributed by atoms with E-state index in [0.717, 1.165) is 32.0 Å². The zero-order chi connectivity index (χ0) is 13.2. The predicted molar refractivity (Wildman–Crippen MR) is 78.9 cm³/mol. The van der Waals surface area contributed by atoms with E-state index in [1.165, 1.54) is 0 Å². The second-order valence-electron chi connectivity index (χ2n) is 5.09. The van der Waals surface area contributed by atoms with Crippen LogP contribution in [0, 0.1) is 0 Å². The lowest BCUT2D eigenvalue weighted by Gasteiger charge is -2.43. The van der Waals surface area contributed by atoms with Crippen molar-refractivity contribution in [2.45, 2.75) is 19.4 Å². The van der Waals surface area contributed by atoms with Gasteiger partial charge < -0.3 is 10.6 Å². The topological polar surface area (TPSA) is 45.4 Å². The maximum absolute atomic E-state index is 5.81. The number of rotatable bonds is 3. The Labute approximate surface area is 114 Å². The van der Waals surface area contributed by atoms with Gasteiger partial charge in [0.2, 0.25) is 0 Å². The maximum atomic E-state index is 5.81. The highest BCUT2D eigenvalue weighted by Gasteiger charge is 2.32. The fourth-order valence-corrected chi connectivity index (χ4v) is 2.32. The van der Waals surface area contributed by atoms with Gasteiger partial charge in [-0.3, -0.25) is 4.90 Å². The quantitative estimate of drug-likeness (QED) is 0.833. The Kier molecular flexibility index (Phi) is 3.82. The van der Waals surface area contributed by atoms with Gasteiger partial charge in [0.05, 0.1) is 10.5 Å². The number of thiocarbonyl (C=S) groups is 1. The number of nitrogens with two attached hydrogens (primary N) is 1. The number of aromatic nitrogens is 1. The van der Waals surface area contributed by atoms with E-state index in [1.54, 1.807) is 0 Å². The standard InChI is InChI=1S/C13H20N4S/c1-13(2,12(14)18)17-9-7-16(8-10-17)11-5-3-4-6-15-11/h3-6H,7-10H2,1-2H3,(H2,14,18). The molecule has 2 heterocycles. The summed E-state index contributed by atoms with van der Waals surface area (Å²) in [6, 6.07) is 6.01. The molecule has 0 aromatic carbocycles. The first-order valence-corrected chi connectivity index (χ1v) is 6.63. The number of pyridine rings is 1. The summed E-state index contributed by atoms with van der Waals surface area (Å²) in [4.78, 5) is 9.59. The van der Waals surface area contributed by atoms with Gasteiger partial charge in [0, 0.05) is 32.4 Å². The molecule has 1 aliphatic heterocycles. The van der Waals surface area contributed by atoms with Crippen LogP contribution < -0.4 is 10.6 Å². The summed E-state index contributed by atoms with van der Waals surface area (Å²) in [5, 5.41) is 0. The second-order valence-corrected chi connectivity index (χ2v) is 5.53. The molecule has 5 heteroatoms. The molecule has 0 spiro atoms. The predicted octanol–water partition coefficient (Wildman–Crippen LogP) is 1.27. The summed E-state index contributed by atoms with van der Waals surface area (Å²) in [7, 11) is 0. The molecule has 4 nitrogen and oxygen atoms in total. The lowest BCUT2D eigenvalue weighted by atomic mass is 10.0. The number of hydrogen-bond donors (Lipinski definition) is 1. The van der Waals surface area contributed by atoms with Gasteiger partial charge in [0.1, 0.15) is 5.82 Å².